The molecule has 1 amide bonds. The summed E-state index contributed by atoms with van der Waals surface area (Å²) >= 11 is 0. The lowest BCUT2D eigenvalue weighted by atomic mass is 10.1. The number of aromatic nitrogens is 1. The molecule has 2 N–H and O–H groups in total. The van der Waals surface area contributed by atoms with Crippen molar-refractivity contribution in [1.29, 1.82) is 0 Å². The first kappa shape index (κ1) is 13.4. The summed E-state index contributed by atoms with van der Waals surface area (Å²) in [5, 5.41) is 4.09. The van der Waals surface area contributed by atoms with Crippen LogP contribution in [0.3, 0.4) is 0 Å². The molecule has 0 aliphatic carbocycles. The minimum absolute atomic E-state index is 0.0139. The summed E-state index contributed by atoms with van der Waals surface area (Å²) in [7, 11) is 0. The molecule has 0 saturated heterocycles. The lowest BCUT2D eigenvalue weighted by Crippen LogP contribution is -2.26. The predicted octanol–water partition coefficient (Wildman–Crippen LogP) is 3.97. The van der Waals surface area contributed by atoms with Gasteiger partial charge in [0, 0.05) is 22.7 Å². The summed E-state index contributed by atoms with van der Waals surface area (Å²) in [5.41, 5.74) is 4.05. The van der Waals surface area contributed by atoms with Crippen molar-refractivity contribution in [3.05, 3.63) is 71.4 Å². The van der Waals surface area contributed by atoms with Crippen molar-refractivity contribution in [2.24, 2.45) is 0 Å². The molecule has 0 spiro atoms. The SMILES string of the molecule is Cc1ccc(C(C)NC(=O)c2ccc3[nH]ccc3c2)cc1. The van der Waals surface area contributed by atoms with Crippen LogP contribution in [0, 0.1) is 6.92 Å². The molecule has 1 heterocycles. The van der Waals surface area contributed by atoms with Crippen molar-refractivity contribution in [3.63, 3.8) is 0 Å². The Morgan fingerprint density at radius 3 is 2.62 bits per heavy atom. The fourth-order valence-corrected chi connectivity index (χ4v) is 2.41. The quantitative estimate of drug-likeness (QED) is 0.748. The van der Waals surface area contributed by atoms with Crippen LogP contribution >= 0.6 is 0 Å². The largest absolute Gasteiger partial charge is 0.361 e. The third-order valence-corrected chi connectivity index (χ3v) is 3.74. The Balaban J connectivity index is 1.77. The number of fused-ring (bicyclic) bond motifs is 1. The maximum Gasteiger partial charge on any atom is 0.251 e. The summed E-state index contributed by atoms with van der Waals surface area (Å²) in [5.74, 6) is -0.0498. The average Bonchev–Trinajstić information content (AvgIpc) is 2.95. The highest BCUT2D eigenvalue weighted by atomic mass is 16.1. The Morgan fingerprint density at radius 1 is 1.10 bits per heavy atom. The molecule has 0 radical (unpaired) electrons. The zero-order chi connectivity index (χ0) is 14.8. The zero-order valence-electron chi connectivity index (χ0n) is 12.2. The summed E-state index contributed by atoms with van der Waals surface area (Å²) in [6.45, 7) is 4.05. The first-order valence-corrected chi connectivity index (χ1v) is 7.08. The molecule has 0 aliphatic heterocycles. The Labute approximate surface area is 124 Å². The van der Waals surface area contributed by atoms with Crippen molar-refractivity contribution in [2.75, 3.05) is 0 Å². The molecule has 2 aromatic carbocycles. The van der Waals surface area contributed by atoms with Crippen LogP contribution in [0.15, 0.2) is 54.7 Å². The van der Waals surface area contributed by atoms with E-state index in [4.69, 9.17) is 0 Å². The van der Waals surface area contributed by atoms with Gasteiger partial charge in [-0.15, -0.1) is 0 Å². The van der Waals surface area contributed by atoms with Crippen molar-refractivity contribution in [2.45, 2.75) is 19.9 Å². The van der Waals surface area contributed by atoms with Gasteiger partial charge in [-0.25, -0.2) is 0 Å². The van der Waals surface area contributed by atoms with Crippen LogP contribution in [-0.4, -0.2) is 10.9 Å². The Hall–Kier alpha value is -2.55. The molecule has 3 aromatic rings. The number of amides is 1. The molecule has 0 saturated carbocycles. The summed E-state index contributed by atoms with van der Waals surface area (Å²) in [4.78, 5) is 15.5. The number of hydrogen-bond donors (Lipinski definition) is 2. The topological polar surface area (TPSA) is 44.9 Å². The molecular formula is C18H18N2O. The van der Waals surface area contributed by atoms with Gasteiger partial charge in [0.05, 0.1) is 6.04 Å². The van der Waals surface area contributed by atoms with Crippen LogP contribution in [0.5, 0.6) is 0 Å². The van der Waals surface area contributed by atoms with Crippen LogP contribution in [0.1, 0.15) is 34.5 Å². The van der Waals surface area contributed by atoms with Gasteiger partial charge in [-0.2, -0.15) is 0 Å². The maximum atomic E-state index is 12.3. The van der Waals surface area contributed by atoms with Crippen molar-refractivity contribution in [1.82, 2.24) is 10.3 Å². The minimum atomic E-state index is -0.0498. The van der Waals surface area contributed by atoms with E-state index in [0.717, 1.165) is 16.5 Å². The lowest BCUT2D eigenvalue weighted by Gasteiger charge is -2.14. The molecule has 106 valence electrons. The monoisotopic (exact) mass is 278 g/mol. The van der Waals surface area contributed by atoms with Crippen LogP contribution in [0.2, 0.25) is 0 Å². The Kier molecular flexibility index (Phi) is 3.48. The maximum absolute atomic E-state index is 12.3. The van der Waals surface area contributed by atoms with Gasteiger partial charge in [-0.1, -0.05) is 29.8 Å². The number of carbonyl (C=O) groups is 1. The molecule has 1 unspecified atom stereocenters. The molecular weight excluding hydrogens is 260 g/mol. The van der Waals surface area contributed by atoms with Gasteiger partial charge in [0.1, 0.15) is 0 Å². The van der Waals surface area contributed by atoms with E-state index < -0.39 is 0 Å². The van der Waals surface area contributed by atoms with E-state index in [1.54, 1.807) is 0 Å². The Bertz CT molecular complexity index is 771. The molecule has 3 heteroatoms. The molecule has 21 heavy (non-hydrogen) atoms. The second kappa shape index (κ2) is 5.44. The molecule has 0 bridgehead atoms. The fraction of sp³-hybridized carbons (Fsp3) is 0.167. The molecule has 0 aliphatic rings. The van der Waals surface area contributed by atoms with E-state index in [1.165, 1.54) is 5.56 Å². The van der Waals surface area contributed by atoms with Crippen LogP contribution in [0.25, 0.3) is 10.9 Å². The minimum Gasteiger partial charge on any atom is -0.361 e. The van der Waals surface area contributed by atoms with Crippen molar-refractivity contribution < 1.29 is 4.79 Å². The summed E-state index contributed by atoms with van der Waals surface area (Å²) in [6.07, 6.45) is 1.88. The highest BCUT2D eigenvalue weighted by molar-refractivity contribution is 5.98. The fourth-order valence-electron chi connectivity index (χ4n) is 2.41. The molecule has 1 aromatic heterocycles. The number of aryl methyl sites for hydroxylation is 1. The van der Waals surface area contributed by atoms with E-state index in [9.17, 15) is 4.79 Å². The van der Waals surface area contributed by atoms with E-state index in [1.807, 2.05) is 37.4 Å². The number of carbonyl (C=O) groups excluding carboxylic acids is 1. The predicted molar refractivity (Wildman–Crippen MR) is 85.4 cm³/mol. The number of aromatic amines is 1. The number of hydrogen-bond acceptors (Lipinski definition) is 1. The first-order chi connectivity index (χ1) is 10.1. The van der Waals surface area contributed by atoms with Crippen LogP contribution < -0.4 is 5.32 Å². The van der Waals surface area contributed by atoms with Crippen LogP contribution in [-0.2, 0) is 0 Å². The van der Waals surface area contributed by atoms with Gasteiger partial charge in [0.15, 0.2) is 0 Å². The first-order valence-electron chi connectivity index (χ1n) is 7.08. The van der Waals surface area contributed by atoms with E-state index in [2.05, 4.69) is 41.5 Å². The molecule has 3 rings (SSSR count). The van der Waals surface area contributed by atoms with E-state index in [0.29, 0.717) is 5.56 Å². The standard InChI is InChI=1S/C18H18N2O/c1-12-3-5-14(6-4-12)13(2)20-18(21)16-7-8-17-15(11-16)9-10-19-17/h3-11,13,19H,1-2H3,(H,20,21). The lowest BCUT2D eigenvalue weighted by molar-refractivity contribution is 0.0940. The second-order valence-corrected chi connectivity index (χ2v) is 5.39. The van der Waals surface area contributed by atoms with Gasteiger partial charge < -0.3 is 10.3 Å². The molecule has 0 fully saturated rings. The third kappa shape index (κ3) is 2.82. The second-order valence-electron chi connectivity index (χ2n) is 5.39. The smallest absolute Gasteiger partial charge is 0.251 e. The molecule has 1 atom stereocenters. The zero-order valence-corrected chi connectivity index (χ0v) is 12.2. The number of rotatable bonds is 3. The summed E-state index contributed by atoms with van der Waals surface area (Å²) in [6, 6.07) is 15.9. The van der Waals surface area contributed by atoms with Gasteiger partial charge in [0.25, 0.3) is 5.91 Å². The Morgan fingerprint density at radius 2 is 1.86 bits per heavy atom. The summed E-state index contributed by atoms with van der Waals surface area (Å²) < 4.78 is 0. The highest BCUT2D eigenvalue weighted by Gasteiger charge is 2.11. The van der Waals surface area contributed by atoms with E-state index in [-0.39, 0.29) is 11.9 Å². The molecule has 3 nitrogen and oxygen atoms in total. The normalized spacial score (nSPS) is 12.3. The van der Waals surface area contributed by atoms with Crippen LogP contribution in [0.4, 0.5) is 0 Å². The number of H-pyrrole nitrogens is 1. The van der Waals surface area contributed by atoms with Crippen molar-refractivity contribution >= 4 is 16.8 Å². The van der Waals surface area contributed by atoms with Crippen molar-refractivity contribution in [3.8, 4) is 0 Å². The highest BCUT2D eigenvalue weighted by Crippen LogP contribution is 2.17. The van der Waals surface area contributed by atoms with Gasteiger partial charge in [-0.3, -0.25) is 4.79 Å². The van der Waals surface area contributed by atoms with Gasteiger partial charge in [-0.05, 0) is 43.7 Å². The van der Waals surface area contributed by atoms with Gasteiger partial charge in [0.2, 0.25) is 0 Å². The van der Waals surface area contributed by atoms with E-state index >= 15 is 0 Å². The average molecular weight is 278 g/mol. The number of benzene rings is 2. The van der Waals surface area contributed by atoms with Gasteiger partial charge >= 0.3 is 0 Å². The third-order valence-electron chi connectivity index (χ3n) is 3.74. The number of nitrogens with one attached hydrogen (secondary N) is 2.